The topological polar surface area (TPSA) is 73.9 Å². The maximum absolute atomic E-state index is 13.3. The van der Waals surface area contributed by atoms with E-state index in [1.165, 1.54) is 37.7 Å². The molecule has 1 aromatic heterocycles. The minimum Gasteiger partial charge on any atom is -0.497 e. The van der Waals surface area contributed by atoms with Gasteiger partial charge in [-0.25, -0.2) is 9.18 Å². The van der Waals surface area contributed by atoms with E-state index in [-0.39, 0.29) is 18.0 Å². The molecule has 0 fully saturated rings. The van der Waals surface area contributed by atoms with Crippen LogP contribution in [0.2, 0.25) is 0 Å². The Morgan fingerprint density at radius 1 is 1.03 bits per heavy atom. The number of nitrogens with one attached hydrogen (secondary N) is 1. The molecule has 0 atom stereocenters. The summed E-state index contributed by atoms with van der Waals surface area (Å²) in [6.07, 6.45) is 0. The first-order valence-corrected chi connectivity index (χ1v) is 9.93. The first-order valence-electron chi connectivity index (χ1n) is 9.05. The van der Waals surface area contributed by atoms with Crippen LogP contribution in [-0.2, 0) is 4.74 Å². The van der Waals surface area contributed by atoms with Crippen LogP contribution in [-0.4, -0.2) is 32.7 Å². The van der Waals surface area contributed by atoms with E-state index < -0.39 is 11.9 Å². The van der Waals surface area contributed by atoms with Crippen molar-refractivity contribution in [2.24, 2.45) is 0 Å². The number of anilines is 1. The molecule has 0 bridgehead atoms. The van der Waals surface area contributed by atoms with E-state index in [2.05, 4.69) is 5.32 Å². The lowest BCUT2D eigenvalue weighted by atomic mass is 10.0. The smallest absolute Gasteiger partial charge is 0.341 e. The zero-order chi connectivity index (χ0) is 21.7. The van der Waals surface area contributed by atoms with Crippen molar-refractivity contribution in [3.63, 3.8) is 0 Å². The van der Waals surface area contributed by atoms with E-state index in [1.807, 2.05) is 0 Å². The van der Waals surface area contributed by atoms with Crippen molar-refractivity contribution in [1.82, 2.24) is 0 Å². The number of hydrogen-bond donors (Lipinski definition) is 1. The van der Waals surface area contributed by atoms with Gasteiger partial charge in [-0.1, -0.05) is 12.1 Å². The number of thiophene rings is 1. The molecule has 0 spiro atoms. The van der Waals surface area contributed by atoms with Gasteiger partial charge in [0.2, 0.25) is 0 Å². The summed E-state index contributed by atoms with van der Waals surface area (Å²) in [5.41, 5.74) is 1.71. The van der Waals surface area contributed by atoms with E-state index in [0.717, 1.165) is 0 Å². The maximum atomic E-state index is 13.3. The average molecular weight is 429 g/mol. The highest BCUT2D eigenvalue weighted by atomic mass is 32.1. The third-order valence-corrected chi connectivity index (χ3v) is 5.16. The lowest BCUT2D eigenvalue weighted by Gasteiger charge is -2.10. The van der Waals surface area contributed by atoms with Crippen LogP contribution in [0.5, 0.6) is 11.5 Å². The summed E-state index contributed by atoms with van der Waals surface area (Å²) in [5.74, 6) is -0.472. The van der Waals surface area contributed by atoms with Gasteiger partial charge in [-0.2, -0.15) is 0 Å². The van der Waals surface area contributed by atoms with E-state index in [4.69, 9.17) is 14.2 Å². The molecule has 3 rings (SSSR count). The number of esters is 1. The van der Waals surface area contributed by atoms with Crippen LogP contribution in [0.15, 0.2) is 47.8 Å². The Kier molecular flexibility index (Phi) is 6.68. The molecule has 0 aliphatic carbocycles. The number of halogens is 1. The minimum absolute atomic E-state index is 0.179. The Bertz CT molecular complexity index is 1040. The third kappa shape index (κ3) is 4.60. The second-order valence-electron chi connectivity index (χ2n) is 6.14. The Balaban J connectivity index is 1.98. The minimum atomic E-state index is -0.573. The summed E-state index contributed by atoms with van der Waals surface area (Å²) in [4.78, 5) is 25.5. The zero-order valence-electron chi connectivity index (χ0n) is 16.7. The van der Waals surface area contributed by atoms with E-state index in [9.17, 15) is 14.0 Å². The van der Waals surface area contributed by atoms with Crippen molar-refractivity contribution in [1.29, 1.82) is 0 Å². The molecule has 0 saturated heterocycles. The van der Waals surface area contributed by atoms with Gasteiger partial charge in [-0.05, 0) is 36.8 Å². The number of carbonyl (C=O) groups is 2. The molecule has 0 radical (unpaired) electrons. The molecule has 1 amide bonds. The Hall–Kier alpha value is -3.39. The molecule has 30 heavy (non-hydrogen) atoms. The summed E-state index contributed by atoms with van der Waals surface area (Å²) in [6, 6.07) is 10.5. The van der Waals surface area contributed by atoms with Crippen molar-refractivity contribution in [2.75, 3.05) is 26.1 Å². The molecule has 1 N–H and O–H groups in total. The van der Waals surface area contributed by atoms with Crippen molar-refractivity contribution < 1.29 is 28.2 Å². The molecular formula is C22H20FNO5S. The molecule has 6 nitrogen and oxygen atoms in total. The molecule has 0 unspecified atom stereocenters. The zero-order valence-corrected chi connectivity index (χ0v) is 17.5. The molecule has 0 saturated carbocycles. The predicted octanol–water partition coefficient (Wildman–Crippen LogP) is 5.00. The second-order valence-corrected chi connectivity index (χ2v) is 7.02. The molecule has 1 heterocycles. The quantitative estimate of drug-likeness (QED) is 0.535. The van der Waals surface area contributed by atoms with Crippen molar-refractivity contribution >= 4 is 28.2 Å². The second kappa shape index (κ2) is 9.41. The van der Waals surface area contributed by atoms with Gasteiger partial charge in [0, 0.05) is 22.6 Å². The summed E-state index contributed by atoms with van der Waals surface area (Å²) < 4.78 is 28.9. The van der Waals surface area contributed by atoms with Gasteiger partial charge >= 0.3 is 5.97 Å². The van der Waals surface area contributed by atoms with Crippen LogP contribution in [0.25, 0.3) is 11.1 Å². The van der Waals surface area contributed by atoms with Crippen LogP contribution in [0.1, 0.15) is 27.6 Å². The Morgan fingerprint density at radius 2 is 1.67 bits per heavy atom. The van der Waals surface area contributed by atoms with Crippen LogP contribution in [0.4, 0.5) is 9.39 Å². The van der Waals surface area contributed by atoms with Gasteiger partial charge in [0.15, 0.2) is 0 Å². The van der Waals surface area contributed by atoms with Gasteiger partial charge in [-0.15, -0.1) is 11.3 Å². The predicted molar refractivity (Wildman–Crippen MR) is 113 cm³/mol. The molecule has 156 valence electrons. The standard InChI is InChI=1S/C22H20FNO5S/c1-4-29-22(26)19-18(13-5-7-15(23)8-6-13)12-30-21(19)24-20(25)14-9-16(27-2)11-17(10-14)28-3/h5-12H,4H2,1-3H3,(H,24,25). The molecule has 3 aromatic rings. The molecule has 8 heteroatoms. The van der Waals surface area contributed by atoms with Gasteiger partial charge in [0.05, 0.1) is 20.8 Å². The number of benzene rings is 2. The normalized spacial score (nSPS) is 10.4. The molecule has 2 aromatic carbocycles. The first-order chi connectivity index (χ1) is 14.5. The van der Waals surface area contributed by atoms with Gasteiger partial charge in [0.25, 0.3) is 5.91 Å². The molecular weight excluding hydrogens is 409 g/mol. The van der Waals surface area contributed by atoms with Crippen LogP contribution < -0.4 is 14.8 Å². The number of rotatable bonds is 7. The largest absolute Gasteiger partial charge is 0.497 e. The summed E-state index contributed by atoms with van der Waals surface area (Å²) in [7, 11) is 2.98. The maximum Gasteiger partial charge on any atom is 0.341 e. The van der Waals surface area contributed by atoms with Gasteiger partial charge in [0.1, 0.15) is 27.9 Å². The van der Waals surface area contributed by atoms with E-state index in [1.54, 1.807) is 42.6 Å². The van der Waals surface area contributed by atoms with Crippen molar-refractivity contribution in [3.8, 4) is 22.6 Å². The monoisotopic (exact) mass is 429 g/mol. The highest BCUT2D eigenvalue weighted by Gasteiger charge is 2.23. The summed E-state index contributed by atoms with van der Waals surface area (Å²) >= 11 is 1.18. The van der Waals surface area contributed by atoms with Crippen LogP contribution in [0.3, 0.4) is 0 Å². The summed E-state index contributed by atoms with van der Waals surface area (Å²) in [6.45, 7) is 1.88. The molecule has 0 aliphatic rings. The van der Waals surface area contributed by atoms with Crippen LogP contribution >= 0.6 is 11.3 Å². The fraction of sp³-hybridized carbons (Fsp3) is 0.182. The molecule has 0 aliphatic heterocycles. The average Bonchev–Trinajstić information content (AvgIpc) is 3.17. The number of methoxy groups -OCH3 is 2. The highest BCUT2D eigenvalue weighted by Crippen LogP contribution is 2.37. The number of ether oxygens (including phenoxy) is 3. The third-order valence-electron chi connectivity index (χ3n) is 4.27. The Labute approximate surface area is 177 Å². The first kappa shape index (κ1) is 21.3. The van der Waals surface area contributed by atoms with Crippen molar-refractivity contribution in [2.45, 2.75) is 6.92 Å². The Morgan fingerprint density at radius 3 is 2.23 bits per heavy atom. The van der Waals surface area contributed by atoms with Crippen molar-refractivity contribution in [3.05, 3.63) is 64.8 Å². The number of amides is 1. The number of carbonyl (C=O) groups excluding carboxylic acids is 2. The van der Waals surface area contributed by atoms with Gasteiger partial charge in [-0.3, -0.25) is 4.79 Å². The highest BCUT2D eigenvalue weighted by molar-refractivity contribution is 7.15. The van der Waals surface area contributed by atoms with E-state index >= 15 is 0 Å². The lowest BCUT2D eigenvalue weighted by molar-refractivity contribution is 0.0529. The number of hydrogen-bond acceptors (Lipinski definition) is 6. The van der Waals surface area contributed by atoms with Gasteiger partial charge < -0.3 is 19.5 Å². The van der Waals surface area contributed by atoms with Crippen LogP contribution in [0, 0.1) is 5.82 Å². The lowest BCUT2D eigenvalue weighted by Crippen LogP contribution is -2.15. The fourth-order valence-corrected chi connectivity index (χ4v) is 3.76. The van der Waals surface area contributed by atoms with E-state index in [0.29, 0.717) is 33.2 Å². The SMILES string of the molecule is CCOC(=O)c1c(-c2ccc(F)cc2)csc1NC(=O)c1cc(OC)cc(OC)c1. The summed E-state index contributed by atoms with van der Waals surface area (Å²) in [5, 5.41) is 4.82. The fourth-order valence-electron chi connectivity index (χ4n) is 2.81.